The van der Waals surface area contributed by atoms with Gasteiger partial charge in [0, 0.05) is 37.3 Å². The van der Waals surface area contributed by atoms with E-state index in [1.165, 1.54) is 12.1 Å². The third kappa shape index (κ3) is 2.34. The Morgan fingerprint density at radius 1 is 1.13 bits per heavy atom. The molecule has 1 heterocycles. The molecule has 6 nitrogen and oxygen atoms in total. The number of aromatic nitrogens is 1. The molecule has 2 aromatic carbocycles. The maximum atomic E-state index is 11.6. The van der Waals surface area contributed by atoms with Crippen molar-refractivity contribution in [2.45, 2.75) is 0 Å². The highest BCUT2D eigenvalue weighted by molar-refractivity contribution is 6.04. The fourth-order valence-electron chi connectivity index (χ4n) is 2.81. The van der Waals surface area contributed by atoms with Crippen molar-refractivity contribution in [1.29, 1.82) is 0 Å². The van der Waals surface area contributed by atoms with E-state index < -0.39 is 4.92 Å². The first-order valence-corrected chi connectivity index (χ1v) is 7.05. The van der Waals surface area contributed by atoms with Gasteiger partial charge in [0.25, 0.3) is 5.69 Å². The van der Waals surface area contributed by atoms with E-state index >= 15 is 0 Å². The molecule has 0 spiro atoms. The van der Waals surface area contributed by atoms with Crippen LogP contribution >= 0.6 is 0 Å². The van der Waals surface area contributed by atoms with Gasteiger partial charge in [-0.1, -0.05) is 18.2 Å². The molecule has 0 atom stereocenters. The molecule has 0 saturated heterocycles. The van der Waals surface area contributed by atoms with Gasteiger partial charge in [-0.3, -0.25) is 14.9 Å². The summed E-state index contributed by atoms with van der Waals surface area (Å²) < 4.78 is 1.85. The Balaban J connectivity index is 2.15. The number of nitro groups is 1. The number of hydrogen-bond acceptors (Lipinski definition) is 4. The van der Waals surface area contributed by atoms with Crippen molar-refractivity contribution >= 4 is 34.3 Å². The molecular weight excluding hydrogens is 294 g/mol. The lowest BCUT2D eigenvalue weighted by Crippen LogP contribution is -2.11. The summed E-state index contributed by atoms with van der Waals surface area (Å²) in [6.07, 6.45) is 0.831. The van der Waals surface area contributed by atoms with Crippen LogP contribution < -0.4 is 4.90 Å². The smallest absolute Gasteiger partial charge is 0.269 e. The number of rotatable bonds is 4. The molecule has 0 amide bonds. The molecule has 0 N–H and O–H groups in total. The first-order valence-electron chi connectivity index (χ1n) is 7.05. The predicted molar refractivity (Wildman–Crippen MR) is 89.5 cm³/mol. The van der Waals surface area contributed by atoms with Crippen molar-refractivity contribution in [3.05, 3.63) is 64.3 Å². The van der Waals surface area contributed by atoms with Crippen molar-refractivity contribution in [3.8, 4) is 0 Å². The number of carbonyl (C=O) groups excluding carboxylic acids is 1. The Morgan fingerprint density at radius 2 is 1.78 bits per heavy atom. The lowest BCUT2D eigenvalue weighted by atomic mass is 10.2. The summed E-state index contributed by atoms with van der Waals surface area (Å²) in [6.45, 7) is 0. The first kappa shape index (κ1) is 14.8. The number of aryl methyl sites for hydroxylation is 1. The van der Waals surface area contributed by atoms with Crippen LogP contribution in [0.2, 0.25) is 0 Å². The summed E-state index contributed by atoms with van der Waals surface area (Å²) >= 11 is 0. The van der Waals surface area contributed by atoms with Crippen LogP contribution in [-0.2, 0) is 7.05 Å². The maximum absolute atomic E-state index is 11.6. The van der Waals surface area contributed by atoms with Gasteiger partial charge >= 0.3 is 0 Å². The topological polar surface area (TPSA) is 68.4 Å². The van der Waals surface area contributed by atoms with Gasteiger partial charge in [0.1, 0.15) is 5.69 Å². The highest BCUT2D eigenvalue weighted by atomic mass is 16.6. The minimum atomic E-state index is -0.432. The SMILES string of the molecule is CN(c1ccc([N+](=O)[O-])cc1)c1c(C=O)n(C)c2ccccc12. The van der Waals surface area contributed by atoms with Crippen LogP contribution in [-0.4, -0.2) is 22.8 Å². The Bertz CT molecular complexity index is 897. The number of para-hydroxylation sites is 1. The van der Waals surface area contributed by atoms with E-state index in [1.807, 2.05) is 47.8 Å². The van der Waals surface area contributed by atoms with Gasteiger partial charge in [0.2, 0.25) is 0 Å². The normalized spacial score (nSPS) is 10.7. The predicted octanol–water partition coefficient (Wildman–Crippen LogP) is 3.67. The molecule has 0 unspecified atom stereocenters. The molecule has 23 heavy (non-hydrogen) atoms. The second kappa shape index (κ2) is 5.57. The summed E-state index contributed by atoms with van der Waals surface area (Å²) in [4.78, 5) is 23.8. The summed E-state index contributed by atoms with van der Waals surface area (Å²) in [5, 5.41) is 11.7. The zero-order valence-electron chi connectivity index (χ0n) is 12.8. The lowest BCUT2D eigenvalue weighted by molar-refractivity contribution is -0.384. The molecule has 0 radical (unpaired) electrons. The van der Waals surface area contributed by atoms with Crippen LogP contribution in [0.25, 0.3) is 10.9 Å². The van der Waals surface area contributed by atoms with E-state index in [1.54, 1.807) is 12.1 Å². The van der Waals surface area contributed by atoms with Crippen molar-refractivity contribution in [2.24, 2.45) is 7.05 Å². The standard InChI is InChI=1S/C17H15N3O3/c1-18(12-7-9-13(10-8-12)20(22)23)17-14-5-3-4-6-15(14)19(2)16(17)11-21/h3-11H,1-2H3. The van der Waals surface area contributed by atoms with Gasteiger partial charge in [0.15, 0.2) is 6.29 Å². The number of aldehydes is 1. The van der Waals surface area contributed by atoms with Gasteiger partial charge in [-0.25, -0.2) is 0 Å². The second-order valence-electron chi connectivity index (χ2n) is 5.26. The van der Waals surface area contributed by atoms with Crippen LogP contribution in [0.4, 0.5) is 17.1 Å². The molecule has 0 aliphatic rings. The van der Waals surface area contributed by atoms with Crippen molar-refractivity contribution < 1.29 is 9.72 Å². The zero-order chi connectivity index (χ0) is 16.6. The molecule has 6 heteroatoms. The third-order valence-corrected chi connectivity index (χ3v) is 4.02. The second-order valence-corrected chi connectivity index (χ2v) is 5.26. The Labute approximate surface area is 132 Å². The highest BCUT2D eigenvalue weighted by Crippen LogP contribution is 2.36. The molecular formula is C17H15N3O3. The van der Waals surface area contributed by atoms with Gasteiger partial charge in [-0.2, -0.15) is 0 Å². The number of benzene rings is 2. The van der Waals surface area contributed by atoms with Crippen LogP contribution in [0.1, 0.15) is 10.5 Å². The number of non-ortho nitro benzene ring substituents is 1. The van der Waals surface area contributed by atoms with Crippen molar-refractivity contribution in [2.75, 3.05) is 11.9 Å². The monoisotopic (exact) mass is 309 g/mol. The van der Waals surface area contributed by atoms with Gasteiger partial charge in [0.05, 0.1) is 16.1 Å². The minimum Gasteiger partial charge on any atom is -0.342 e. The van der Waals surface area contributed by atoms with Gasteiger partial charge in [-0.15, -0.1) is 0 Å². The Morgan fingerprint density at radius 3 is 2.39 bits per heavy atom. The zero-order valence-corrected chi connectivity index (χ0v) is 12.8. The summed E-state index contributed by atoms with van der Waals surface area (Å²) in [6, 6.07) is 14.0. The van der Waals surface area contributed by atoms with Crippen molar-refractivity contribution in [1.82, 2.24) is 4.57 Å². The van der Waals surface area contributed by atoms with E-state index in [4.69, 9.17) is 0 Å². The third-order valence-electron chi connectivity index (χ3n) is 4.02. The molecule has 0 fully saturated rings. The molecule has 0 bridgehead atoms. The number of nitro benzene ring substituents is 1. The number of carbonyl (C=O) groups is 1. The molecule has 0 aliphatic heterocycles. The Hall–Kier alpha value is -3.15. The van der Waals surface area contributed by atoms with Crippen molar-refractivity contribution in [3.63, 3.8) is 0 Å². The number of nitrogens with zero attached hydrogens (tertiary/aromatic N) is 3. The molecule has 116 valence electrons. The first-order chi connectivity index (χ1) is 11.0. The number of anilines is 2. The summed E-state index contributed by atoms with van der Waals surface area (Å²) in [5.41, 5.74) is 3.11. The van der Waals surface area contributed by atoms with Crippen LogP contribution in [0.5, 0.6) is 0 Å². The molecule has 0 saturated carbocycles. The van der Waals surface area contributed by atoms with E-state index in [9.17, 15) is 14.9 Å². The Kier molecular flexibility index (Phi) is 3.57. The van der Waals surface area contributed by atoms with Crippen LogP contribution in [0.15, 0.2) is 48.5 Å². The quantitative estimate of drug-likeness (QED) is 0.419. The summed E-state index contributed by atoms with van der Waals surface area (Å²) in [5.74, 6) is 0. The average Bonchev–Trinajstić information content (AvgIpc) is 2.86. The molecule has 3 aromatic rings. The largest absolute Gasteiger partial charge is 0.342 e. The van der Waals surface area contributed by atoms with E-state index in [0.29, 0.717) is 5.69 Å². The minimum absolute atomic E-state index is 0.0377. The van der Waals surface area contributed by atoms with E-state index in [0.717, 1.165) is 28.6 Å². The molecule has 3 rings (SSSR count). The lowest BCUT2D eigenvalue weighted by Gasteiger charge is -2.19. The van der Waals surface area contributed by atoms with Gasteiger partial charge < -0.3 is 9.47 Å². The maximum Gasteiger partial charge on any atom is 0.269 e. The molecule has 0 aliphatic carbocycles. The summed E-state index contributed by atoms with van der Waals surface area (Å²) in [7, 11) is 3.69. The van der Waals surface area contributed by atoms with Gasteiger partial charge in [-0.05, 0) is 18.2 Å². The van der Waals surface area contributed by atoms with Crippen LogP contribution in [0, 0.1) is 10.1 Å². The fourth-order valence-corrected chi connectivity index (χ4v) is 2.81. The van der Waals surface area contributed by atoms with Crippen LogP contribution in [0.3, 0.4) is 0 Å². The number of fused-ring (bicyclic) bond motifs is 1. The fraction of sp³-hybridized carbons (Fsp3) is 0.118. The van der Waals surface area contributed by atoms with E-state index in [-0.39, 0.29) is 5.69 Å². The molecule has 1 aromatic heterocycles. The number of hydrogen-bond donors (Lipinski definition) is 0. The highest BCUT2D eigenvalue weighted by Gasteiger charge is 2.19. The van der Waals surface area contributed by atoms with E-state index in [2.05, 4.69) is 0 Å². The average molecular weight is 309 g/mol.